The minimum atomic E-state index is -0.462. The van der Waals surface area contributed by atoms with Crippen molar-refractivity contribution in [1.82, 2.24) is 5.16 Å². The first-order chi connectivity index (χ1) is 12.5. The Morgan fingerprint density at radius 3 is 2.58 bits per heavy atom. The molecule has 0 unspecified atom stereocenters. The van der Waals surface area contributed by atoms with Crippen LogP contribution in [0.2, 0.25) is 5.02 Å². The zero-order valence-corrected chi connectivity index (χ0v) is 15.1. The number of hydrogen-bond donors (Lipinski definition) is 2. The van der Waals surface area contributed by atoms with Gasteiger partial charge in [-0.15, -0.1) is 0 Å². The number of nitrogens with one attached hydrogen (secondary N) is 2. The van der Waals surface area contributed by atoms with Crippen molar-refractivity contribution >= 4 is 29.1 Å². The fourth-order valence-electron chi connectivity index (χ4n) is 2.24. The Labute approximate surface area is 156 Å². The van der Waals surface area contributed by atoms with E-state index in [-0.39, 0.29) is 5.91 Å². The molecule has 2 N–H and O–H groups in total. The van der Waals surface area contributed by atoms with Crippen LogP contribution in [-0.2, 0) is 4.79 Å². The van der Waals surface area contributed by atoms with Gasteiger partial charge in [-0.05, 0) is 50.2 Å². The summed E-state index contributed by atoms with van der Waals surface area (Å²) >= 11 is 6.08. The fraction of sp³-hybridized carbons (Fsp3) is 0.158. The van der Waals surface area contributed by atoms with Gasteiger partial charge >= 0.3 is 0 Å². The molecule has 1 amide bonds. The normalized spacial score (nSPS) is 11.7. The van der Waals surface area contributed by atoms with E-state index in [1.54, 1.807) is 44.2 Å². The van der Waals surface area contributed by atoms with Crippen LogP contribution in [0.4, 0.5) is 11.6 Å². The third kappa shape index (κ3) is 4.55. The predicted octanol–water partition coefficient (Wildman–Crippen LogP) is 4.87. The van der Waals surface area contributed by atoms with Crippen molar-refractivity contribution in [2.75, 3.05) is 10.6 Å². The van der Waals surface area contributed by atoms with Crippen LogP contribution in [0.25, 0.3) is 0 Å². The molecular formula is C19H18ClN3O3. The molecule has 0 spiro atoms. The number of benzene rings is 2. The summed E-state index contributed by atoms with van der Waals surface area (Å²) in [6.07, 6.45) is 0. The molecule has 0 saturated carbocycles. The smallest absolute Gasteiger partial charge is 0.248 e. The number of nitrogens with zero attached hydrogens (tertiary/aromatic N) is 1. The maximum Gasteiger partial charge on any atom is 0.248 e. The molecule has 0 aliphatic carbocycles. The Morgan fingerprint density at radius 1 is 1.19 bits per heavy atom. The van der Waals surface area contributed by atoms with Crippen LogP contribution >= 0.6 is 11.6 Å². The number of carbonyl (C=O) groups is 1. The molecule has 2 aromatic carbocycles. The molecule has 1 heterocycles. The van der Waals surface area contributed by atoms with Gasteiger partial charge in [0, 0.05) is 11.8 Å². The number of amides is 1. The van der Waals surface area contributed by atoms with Crippen molar-refractivity contribution in [2.45, 2.75) is 19.9 Å². The topological polar surface area (TPSA) is 76.4 Å². The zero-order valence-electron chi connectivity index (χ0n) is 14.3. The molecule has 0 aliphatic heterocycles. The van der Waals surface area contributed by atoms with E-state index in [0.717, 1.165) is 5.69 Å². The standard InChI is InChI=1S/C19H18ClN3O3/c1-12-11-18(26-23-12)22-19(24)13(2)21-14-7-9-15(10-8-14)25-17-6-4-3-5-16(17)20/h3-11,13,21H,1-2H3,(H,22,24)/t13-/m0/s1. The second kappa shape index (κ2) is 7.93. The zero-order chi connectivity index (χ0) is 18.5. The minimum absolute atomic E-state index is 0.224. The van der Waals surface area contributed by atoms with Crippen molar-refractivity contribution in [2.24, 2.45) is 0 Å². The van der Waals surface area contributed by atoms with Crippen LogP contribution in [0.15, 0.2) is 59.1 Å². The summed E-state index contributed by atoms with van der Waals surface area (Å²) in [6.45, 7) is 3.54. The molecule has 134 valence electrons. The summed E-state index contributed by atoms with van der Waals surface area (Å²) in [6, 6.07) is 15.7. The van der Waals surface area contributed by atoms with E-state index >= 15 is 0 Å². The van der Waals surface area contributed by atoms with Crippen LogP contribution in [0.5, 0.6) is 11.5 Å². The molecule has 1 atom stereocenters. The lowest BCUT2D eigenvalue weighted by atomic mass is 10.2. The monoisotopic (exact) mass is 371 g/mol. The lowest BCUT2D eigenvalue weighted by Crippen LogP contribution is -2.31. The molecule has 0 radical (unpaired) electrons. The number of hydrogen-bond acceptors (Lipinski definition) is 5. The summed E-state index contributed by atoms with van der Waals surface area (Å²) in [4.78, 5) is 12.2. The molecule has 26 heavy (non-hydrogen) atoms. The molecule has 7 heteroatoms. The molecule has 0 aliphatic rings. The van der Waals surface area contributed by atoms with Gasteiger partial charge in [-0.2, -0.15) is 0 Å². The fourth-order valence-corrected chi connectivity index (χ4v) is 2.42. The highest BCUT2D eigenvalue weighted by atomic mass is 35.5. The number of para-hydroxylation sites is 1. The van der Waals surface area contributed by atoms with Crippen LogP contribution in [0.1, 0.15) is 12.6 Å². The number of anilines is 2. The highest BCUT2D eigenvalue weighted by Gasteiger charge is 2.15. The second-order valence-corrected chi connectivity index (χ2v) is 6.15. The van der Waals surface area contributed by atoms with E-state index in [4.69, 9.17) is 20.9 Å². The molecule has 0 bridgehead atoms. The Morgan fingerprint density at radius 2 is 1.92 bits per heavy atom. The Hall–Kier alpha value is -2.99. The first-order valence-corrected chi connectivity index (χ1v) is 8.42. The van der Waals surface area contributed by atoms with Crippen molar-refractivity contribution in [1.29, 1.82) is 0 Å². The first kappa shape index (κ1) is 17.8. The van der Waals surface area contributed by atoms with Crippen LogP contribution in [-0.4, -0.2) is 17.1 Å². The number of ether oxygens (including phenoxy) is 1. The van der Waals surface area contributed by atoms with Gasteiger partial charge in [-0.25, -0.2) is 0 Å². The quantitative estimate of drug-likeness (QED) is 0.646. The highest BCUT2D eigenvalue weighted by molar-refractivity contribution is 6.32. The first-order valence-electron chi connectivity index (χ1n) is 8.04. The maximum absolute atomic E-state index is 12.2. The Bertz CT molecular complexity index is 893. The molecule has 0 fully saturated rings. The number of aromatic nitrogens is 1. The summed E-state index contributed by atoms with van der Waals surface area (Å²) in [7, 11) is 0. The lowest BCUT2D eigenvalue weighted by Gasteiger charge is -2.14. The molecular weight excluding hydrogens is 354 g/mol. The van der Waals surface area contributed by atoms with Crippen molar-refractivity contribution in [3.8, 4) is 11.5 Å². The number of halogens is 1. The van der Waals surface area contributed by atoms with Crippen LogP contribution in [0.3, 0.4) is 0 Å². The van der Waals surface area contributed by atoms with Crippen molar-refractivity contribution in [3.05, 3.63) is 65.3 Å². The van der Waals surface area contributed by atoms with E-state index in [1.165, 1.54) is 0 Å². The largest absolute Gasteiger partial charge is 0.456 e. The van der Waals surface area contributed by atoms with Gasteiger partial charge < -0.3 is 14.6 Å². The Kier molecular flexibility index (Phi) is 5.43. The molecule has 0 saturated heterocycles. The highest BCUT2D eigenvalue weighted by Crippen LogP contribution is 2.29. The minimum Gasteiger partial charge on any atom is -0.456 e. The lowest BCUT2D eigenvalue weighted by molar-refractivity contribution is -0.116. The van der Waals surface area contributed by atoms with Gasteiger partial charge in [0.1, 0.15) is 17.5 Å². The van der Waals surface area contributed by atoms with Gasteiger partial charge in [0.05, 0.1) is 10.7 Å². The third-order valence-corrected chi connectivity index (χ3v) is 3.88. The Balaban J connectivity index is 1.58. The SMILES string of the molecule is Cc1cc(NC(=O)[C@H](C)Nc2ccc(Oc3ccccc3Cl)cc2)on1. The van der Waals surface area contributed by atoms with Gasteiger partial charge in [0.2, 0.25) is 11.8 Å². The van der Waals surface area contributed by atoms with Gasteiger partial charge in [0.15, 0.2) is 0 Å². The van der Waals surface area contributed by atoms with Crippen molar-refractivity contribution in [3.63, 3.8) is 0 Å². The molecule has 3 aromatic rings. The van der Waals surface area contributed by atoms with E-state index in [2.05, 4.69) is 15.8 Å². The summed E-state index contributed by atoms with van der Waals surface area (Å²) < 4.78 is 10.7. The number of rotatable bonds is 6. The molecule has 6 nitrogen and oxygen atoms in total. The number of carbonyl (C=O) groups excluding carboxylic acids is 1. The van der Waals surface area contributed by atoms with Crippen molar-refractivity contribution < 1.29 is 14.1 Å². The summed E-state index contributed by atoms with van der Waals surface area (Å²) in [5.41, 5.74) is 1.49. The average molecular weight is 372 g/mol. The van der Waals surface area contributed by atoms with Gasteiger partial charge in [-0.1, -0.05) is 28.9 Å². The van der Waals surface area contributed by atoms with E-state index in [0.29, 0.717) is 28.1 Å². The average Bonchev–Trinajstić information content (AvgIpc) is 3.03. The summed E-state index contributed by atoms with van der Waals surface area (Å²) in [5, 5.41) is 10.1. The number of aryl methyl sites for hydroxylation is 1. The van der Waals surface area contributed by atoms with E-state index < -0.39 is 6.04 Å². The molecule has 1 aromatic heterocycles. The van der Waals surface area contributed by atoms with Gasteiger partial charge in [-0.3, -0.25) is 10.1 Å². The predicted molar refractivity (Wildman–Crippen MR) is 101 cm³/mol. The molecule has 3 rings (SSSR count). The summed E-state index contributed by atoms with van der Waals surface area (Å²) in [5.74, 6) is 1.34. The van der Waals surface area contributed by atoms with E-state index in [9.17, 15) is 4.79 Å². The van der Waals surface area contributed by atoms with Gasteiger partial charge in [0.25, 0.3) is 0 Å². The van der Waals surface area contributed by atoms with E-state index in [1.807, 2.05) is 24.3 Å². The van der Waals surface area contributed by atoms with Crippen LogP contribution < -0.4 is 15.4 Å². The maximum atomic E-state index is 12.2. The second-order valence-electron chi connectivity index (χ2n) is 5.74. The third-order valence-electron chi connectivity index (χ3n) is 3.57. The van der Waals surface area contributed by atoms with Crippen LogP contribution in [0, 0.1) is 6.92 Å².